The maximum atomic E-state index is 13.1. The van der Waals surface area contributed by atoms with E-state index < -0.39 is 89.4 Å². The first-order valence-corrected chi connectivity index (χ1v) is 42.5. The van der Waals surface area contributed by atoms with Crippen molar-refractivity contribution in [1.82, 2.24) is 24.4 Å². The predicted octanol–water partition coefficient (Wildman–Crippen LogP) is 12.9. The zero-order chi connectivity index (χ0) is 85.5. The standard InChI is InChI=1S/C21H15Cl4NO4S.C13H9Cl2FN2O3S.C11H14BClFNO2.C8H7BrClNO3S.C7H4BrClO2.C7H6Cl2O.C2H6.CH2O3.2Cs.H/c1-11-5-14(22)8-17(24)20(11)30-21-18(25)7-13(9-26-21)15-4-3-12(6-16(15)23)19(27)10-31(2,28)29;1-22(20,21)18-13(19)7-2-3-9(10(14)4-7)8-5-11(15)12(16)17-6-8;1-10(2)11(3,4)17-12(16-10)7-5-8(13)9(14)15-6-7;1-15(13,14)11-8(12)5-2-3-6(9)7(10)4-5;8-5-2-1-4(7(10)11)3-6(5)9;1-4-2-5(8)3-6(9)7(4)10;1-2;2-1-4-3;;;/h3-9H,10H2,1-2H3;2-6H,1H3,(H,18,19);5-6H,1-4H3;2-4H,1H3,(H,11,12);1-3H,(H,10,11);2-3,10H,1H3;1-2H3;1,3H;;;/q;;;;;;;;2*+1;-1/p-1. The van der Waals surface area contributed by atoms with Crippen LogP contribution in [-0.2, 0) is 48.9 Å². The van der Waals surface area contributed by atoms with Crippen LogP contribution in [0.25, 0.3) is 22.3 Å². The van der Waals surface area contributed by atoms with Gasteiger partial charge in [0.05, 0.1) is 59.4 Å². The molecule has 0 spiro atoms. The molecule has 6 aromatic carbocycles. The van der Waals surface area contributed by atoms with E-state index in [1.807, 2.05) is 51.0 Å². The molecule has 44 heteroatoms. The number of ketones is 1. The third-order valence-electron chi connectivity index (χ3n) is 14.0. The number of aromatic carboxylic acids is 1. The Bertz CT molecular complexity index is 5270. The number of hydrogen-bond donors (Lipinski definition) is 4. The van der Waals surface area contributed by atoms with Gasteiger partial charge < -0.3 is 35.8 Å². The van der Waals surface area contributed by atoms with Gasteiger partial charge in [-0.2, -0.15) is 8.78 Å². The SMILES string of the molecule is CC.CC1(C)OB(c2cnc(F)c(Cl)c2)OC1(C)C.CS(=O)(=O)NC(=O)c1ccc(-c2cnc(F)c(Cl)c2)c(Cl)c1.CS(=O)(=O)NC(=O)c1ccc(Br)c(Cl)c1.Cc1cc(Cl)cc(Cl)c1O.Cc1cc(Cl)cc(Cl)c1Oc1ncc(-c2ccc(C(=O)CS(C)(=O)=O)cc2Cl)cc1Cl.O=C(O)c1ccc(Br)c(Cl)c1.O=CO[O-].[Cs+].[Cs+].[H-]. The second-order valence-corrected chi connectivity index (χ2v) is 35.3. The van der Waals surface area contributed by atoms with Crippen LogP contribution in [0.5, 0.6) is 17.4 Å². The Balaban J connectivity index is 0.00000138. The molecule has 1 aliphatic heterocycles. The summed E-state index contributed by atoms with van der Waals surface area (Å²) in [5.74, 6) is -4.45. The molecule has 1 fully saturated rings. The molecule has 0 atom stereocenters. The number of aryl methyl sites for hydroxylation is 2. The first-order valence-electron chi connectivity index (χ1n) is 30.9. The number of sulfone groups is 1. The summed E-state index contributed by atoms with van der Waals surface area (Å²) in [5, 5.41) is 28.9. The van der Waals surface area contributed by atoms with Crippen LogP contribution in [-0.4, -0.2) is 123 Å². The second kappa shape index (κ2) is 50.4. The number of aromatic hydroxyl groups is 1. The number of pyridine rings is 3. The minimum atomic E-state index is -3.67. The number of phenols is 1. The van der Waals surface area contributed by atoms with Crippen molar-refractivity contribution >= 4 is 232 Å². The number of carbonyl (C=O) groups is 5. The van der Waals surface area contributed by atoms with E-state index in [2.05, 4.69) is 51.7 Å². The van der Waals surface area contributed by atoms with Crippen molar-refractivity contribution < 1.29 is 232 Å². The molecule has 0 aliphatic carbocycles. The summed E-state index contributed by atoms with van der Waals surface area (Å²) in [4.78, 5) is 68.1. The molecule has 114 heavy (non-hydrogen) atoms. The number of ether oxygens (including phenoxy) is 1. The van der Waals surface area contributed by atoms with Crippen LogP contribution in [0.1, 0.15) is 95.5 Å². The van der Waals surface area contributed by atoms with Crippen LogP contribution in [0.4, 0.5) is 8.78 Å². The molecule has 604 valence electrons. The Hall–Kier alpha value is -2.17. The molecule has 10 rings (SSSR count). The number of aromatic nitrogens is 3. The number of benzene rings is 6. The fourth-order valence-corrected chi connectivity index (χ4v) is 13.0. The molecule has 0 radical (unpaired) electrons. The number of phenolic OH excluding ortho intramolecular Hbond substituents is 1. The number of carbonyl (C=O) groups excluding carboxylic acids is 4. The minimum Gasteiger partial charge on any atom is -1.00 e. The Morgan fingerprint density at radius 3 is 1.33 bits per heavy atom. The number of carboxylic acids is 1. The normalized spacial score (nSPS) is 12.0. The van der Waals surface area contributed by atoms with Crippen LogP contribution < -0.4 is 163 Å². The number of sulfonamides is 2. The molecular weight excluding hydrogens is 2160 g/mol. The van der Waals surface area contributed by atoms with E-state index in [-0.39, 0.29) is 205 Å². The van der Waals surface area contributed by atoms with Gasteiger partial charge in [0, 0.05) is 98.3 Å². The third kappa shape index (κ3) is 36.9. The monoisotopic (exact) mass is 2210 g/mol. The smallest absolute Gasteiger partial charge is 1.00 e. The first kappa shape index (κ1) is 110. The minimum absolute atomic E-state index is 0. The van der Waals surface area contributed by atoms with Crippen molar-refractivity contribution in [3.8, 4) is 39.6 Å². The number of amides is 2. The maximum absolute atomic E-state index is 13.1. The zero-order valence-corrected chi connectivity index (χ0v) is 88.2. The summed E-state index contributed by atoms with van der Waals surface area (Å²) < 4.78 is 115. The van der Waals surface area contributed by atoms with Gasteiger partial charge in [0.25, 0.3) is 18.3 Å². The number of rotatable bonds is 14. The summed E-state index contributed by atoms with van der Waals surface area (Å²) in [6.45, 7) is 15.2. The topological polar surface area (TPSA) is 351 Å². The Labute approximate surface area is 848 Å². The number of nitrogens with zero attached hydrogens (tertiary/aromatic N) is 3. The first-order chi connectivity index (χ1) is 51.8. The largest absolute Gasteiger partial charge is 1.00 e. The number of nitrogens with one attached hydrogen (secondary N) is 2. The van der Waals surface area contributed by atoms with Crippen LogP contribution in [0.2, 0.25) is 55.2 Å². The predicted molar refractivity (Wildman–Crippen MR) is 442 cm³/mol. The summed E-state index contributed by atoms with van der Waals surface area (Å²) in [5.41, 5.74) is 3.92. The van der Waals surface area contributed by atoms with Crippen LogP contribution in [0.15, 0.2) is 143 Å². The Kier molecular flexibility index (Phi) is 48.6. The van der Waals surface area contributed by atoms with Gasteiger partial charge in [0.15, 0.2) is 21.4 Å². The molecule has 0 bridgehead atoms. The van der Waals surface area contributed by atoms with Gasteiger partial charge in [-0.3, -0.25) is 19.2 Å². The van der Waals surface area contributed by atoms with Crippen molar-refractivity contribution in [3.63, 3.8) is 0 Å². The van der Waals surface area contributed by atoms with Crippen molar-refractivity contribution in [2.45, 2.75) is 66.6 Å². The average Bonchev–Trinajstić information content (AvgIpc) is 1.63. The molecule has 9 aromatic rings. The molecule has 3 aromatic heterocycles. The van der Waals surface area contributed by atoms with Gasteiger partial charge in [-0.1, -0.05) is 160 Å². The summed E-state index contributed by atoms with van der Waals surface area (Å²) in [6.07, 6.45) is 6.91. The number of Topliss-reactive ketones (excluding diaryl/α,β-unsaturated/α-hetero) is 1. The van der Waals surface area contributed by atoms with Crippen molar-refractivity contribution in [2.75, 3.05) is 24.5 Å². The molecule has 4 heterocycles. The average molecular weight is 2220 g/mol. The van der Waals surface area contributed by atoms with E-state index in [4.69, 9.17) is 162 Å². The van der Waals surface area contributed by atoms with E-state index in [0.29, 0.717) is 78.1 Å². The van der Waals surface area contributed by atoms with Gasteiger partial charge >= 0.3 is 151 Å². The number of halogens is 15. The fourth-order valence-electron chi connectivity index (χ4n) is 8.23. The molecule has 1 aliphatic rings. The Morgan fingerprint density at radius 2 is 0.939 bits per heavy atom. The molecular formula is C70H63BBr2Cl11Cs2F2N5O18S3. The number of hydrogen-bond acceptors (Lipinski definition) is 20. The van der Waals surface area contributed by atoms with Gasteiger partial charge in [-0.25, -0.2) is 54.4 Å². The summed E-state index contributed by atoms with van der Waals surface area (Å²) >= 11 is 71.2. The van der Waals surface area contributed by atoms with Gasteiger partial charge in [-0.05, 0) is 182 Å². The Morgan fingerprint density at radius 1 is 0.553 bits per heavy atom. The second-order valence-electron chi connectivity index (χ2n) is 23.4. The van der Waals surface area contributed by atoms with E-state index in [0.717, 1.165) is 24.3 Å². The van der Waals surface area contributed by atoms with E-state index in [1.54, 1.807) is 56.3 Å². The molecule has 0 unspecified atom stereocenters. The van der Waals surface area contributed by atoms with E-state index in [9.17, 15) is 53.2 Å². The van der Waals surface area contributed by atoms with E-state index in [1.165, 1.54) is 91.4 Å². The number of carboxylic acid groups (broad SMARTS) is 1. The summed E-state index contributed by atoms with van der Waals surface area (Å²) in [7, 11) is -11.2. The molecule has 0 saturated carbocycles. The van der Waals surface area contributed by atoms with Gasteiger partial charge in [-0.15, -0.1) is 0 Å². The quantitative estimate of drug-likeness (QED) is 0.0196. The molecule has 1 saturated heterocycles. The van der Waals surface area contributed by atoms with Crippen molar-refractivity contribution in [2.24, 2.45) is 0 Å². The van der Waals surface area contributed by atoms with Gasteiger partial charge in [0.1, 0.15) is 16.5 Å². The van der Waals surface area contributed by atoms with Crippen LogP contribution >= 0.6 is 159 Å². The molecule has 4 N–H and O–H groups in total. The fraction of sp³-hybridized carbons (Fsp3) is 0.200. The molecule has 23 nitrogen and oxygen atoms in total. The maximum Gasteiger partial charge on any atom is 1.00 e. The van der Waals surface area contributed by atoms with Crippen LogP contribution in [0.3, 0.4) is 0 Å². The third-order valence-corrected chi connectivity index (χ3v) is 20.8. The van der Waals surface area contributed by atoms with Crippen molar-refractivity contribution in [3.05, 3.63) is 243 Å². The van der Waals surface area contributed by atoms with Gasteiger partial charge in [0.2, 0.25) is 37.8 Å². The van der Waals surface area contributed by atoms with Crippen LogP contribution in [0, 0.1) is 25.7 Å². The van der Waals surface area contributed by atoms with E-state index >= 15 is 0 Å². The van der Waals surface area contributed by atoms with Crippen molar-refractivity contribution in [1.29, 1.82) is 0 Å². The molecule has 2 amide bonds. The zero-order valence-electron chi connectivity index (χ0n) is 62.7. The summed E-state index contributed by atoms with van der Waals surface area (Å²) in [6, 6.07) is 28.5.